The minimum Gasteiger partial charge on any atom is -0.466 e. The van der Waals surface area contributed by atoms with Crippen molar-refractivity contribution in [1.29, 1.82) is 0 Å². The zero-order chi connectivity index (χ0) is 18.8. The van der Waals surface area contributed by atoms with Crippen LogP contribution in [0.3, 0.4) is 0 Å². The van der Waals surface area contributed by atoms with E-state index in [1.807, 2.05) is 24.5 Å². The summed E-state index contributed by atoms with van der Waals surface area (Å²) in [6.07, 6.45) is 1.56. The Balaban J connectivity index is 1.88. The molecule has 0 bridgehead atoms. The molecule has 26 heavy (non-hydrogen) atoms. The lowest BCUT2D eigenvalue weighted by Crippen LogP contribution is -2.43. The number of esters is 1. The van der Waals surface area contributed by atoms with Crippen LogP contribution in [0.1, 0.15) is 42.9 Å². The second kappa shape index (κ2) is 7.40. The normalized spacial score (nSPS) is 17.5. The number of hydrogen-bond acceptors (Lipinski definition) is 4. The Labute approximate surface area is 153 Å². The molecule has 1 aliphatic heterocycles. The molecule has 140 valence electrons. The van der Waals surface area contributed by atoms with Crippen LogP contribution in [0, 0.1) is 12.8 Å². The van der Waals surface area contributed by atoms with Gasteiger partial charge in [0.2, 0.25) is 0 Å². The van der Waals surface area contributed by atoms with Crippen molar-refractivity contribution < 1.29 is 18.7 Å². The Hall–Kier alpha value is -2.50. The summed E-state index contributed by atoms with van der Waals surface area (Å²) >= 11 is 0. The van der Waals surface area contributed by atoms with Gasteiger partial charge in [0.15, 0.2) is 5.58 Å². The number of aryl methyl sites for hydroxylation is 1. The van der Waals surface area contributed by atoms with E-state index in [9.17, 15) is 9.59 Å². The molecular formula is C20H26N2O4. The minimum absolute atomic E-state index is 0.0794. The first-order valence-corrected chi connectivity index (χ1v) is 9.10. The van der Waals surface area contributed by atoms with Gasteiger partial charge in [-0.25, -0.2) is 0 Å². The molecule has 0 aliphatic carbocycles. The van der Waals surface area contributed by atoms with Gasteiger partial charge in [-0.1, -0.05) is 12.2 Å². The number of amides is 1. The highest BCUT2D eigenvalue weighted by molar-refractivity contribution is 5.98. The molecule has 2 aromatic heterocycles. The summed E-state index contributed by atoms with van der Waals surface area (Å²) in [7, 11) is 0. The lowest BCUT2D eigenvalue weighted by molar-refractivity contribution is -0.149. The standard InChI is InChI=1S/C20H26N2O4/c1-5-25-20(24)15-7-6-8-21(12-15)19(23)17-10-18-16(9-14(4)26-18)22(17)11-13(2)3/h9-10,15H,2,5-8,11-12H2,1,3-4H3. The average molecular weight is 358 g/mol. The molecule has 6 heteroatoms. The summed E-state index contributed by atoms with van der Waals surface area (Å²) in [5.41, 5.74) is 3.13. The van der Waals surface area contributed by atoms with Crippen LogP contribution in [0.15, 0.2) is 28.7 Å². The fraction of sp³-hybridized carbons (Fsp3) is 0.500. The van der Waals surface area contributed by atoms with Gasteiger partial charge in [-0.05, 0) is 33.6 Å². The van der Waals surface area contributed by atoms with Crippen molar-refractivity contribution in [3.8, 4) is 0 Å². The highest BCUT2D eigenvalue weighted by Crippen LogP contribution is 2.27. The van der Waals surface area contributed by atoms with E-state index in [0.717, 1.165) is 29.7 Å². The maximum atomic E-state index is 13.2. The third-order valence-electron chi connectivity index (χ3n) is 4.69. The van der Waals surface area contributed by atoms with E-state index in [1.165, 1.54) is 0 Å². The molecule has 3 rings (SSSR count). The van der Waals surface area contributed by atoms with E-state index in [0.29, 0.717) is 37.5 Å². The van der Waals surface area contributed by atoms with E-state index < -0.39 is 0 Å². The van der Waals surface area contributed by atoms with Crippen LogP contribution in [-0.4, -0.2) is 41.0 Å². The summed E-state index contributed by atoms with van der Waals surface area (Å²) in [5.74, 6) is 0.267. The molecule has 0 saturated carbocycles. The second-order valence-electron chi connectivity index (χ2n) is 7.02. The molecule has 6 nitrogen and oxygen atoms in total. The van der Waals surface area contributed by atoms with Crippen molar-refractivity contribution in [1.82, 2.24) is 9.47 Å². The summed E-state index contributed by atoms with van der Waals surface area (Å²) < 4.78 is 12.8. The number of furan rings is 1. The Bertz CT molecular complexity index is 845. The Morgan fingerprint density at radius 3 is 2.85 bits per heavy atom. The molecular weight excluding hydrogens is 332 g/mol. The van der Waals surface area contributed by atoms with Gasteiger partial charge >= 0.3 is 5.97 Å². The molecule has 0 spiro atoms. The first kappa shape index (κ1) is 18.3. The van der Waals surface area contributed by atoms with Crippen LogP contribution < -0.4 is 0 Å². The van der Waals surface area contributed by atoms with Crippen LogP contribution in [0.5, 0.6) is 0 Å². The minimum atomic E-state index is -0.248. The first-order valence-electron chi connectivity index (χ1n) is 9.10. The third-order valence-corrected chi connectivity index (χ3v) is 4.69. The summed E-state index contributed by atoms with van der Waals surface area (Å²) in [4.78, 5) is 27.0. The number of carbonyl (C=O) groups is 2. The molecule has 0 radical (unpaired) electrons. The SMILES string of the molecule is C=C(C)Cn1c(C(=O)N2CCCC(C(=O)OCC)C2)cc2oc(C)cc21. The second-order valence-corrected chi connectivity index (χ2v) is 7.02. The molecule has 3 heterocycles. The number of fused-ring (bicyclic) bond motifs is 1. The van der Waals surface area contributed by atoms with Crippen molar-refractivity contribution >= 4 is 23.0 Å². The number of hydrogen-bond donors (Lipinski definition) is 0. The first-order chi connectivity index (χ1) is 12.4. The van der Waals surface area contributed by atoms with Gasteiger partial charge < -0.3 is 18.6 Å². The van der Waals surface area contributed by atoms with Gasteiger partial charge in [0, 0.05) is 31.8 Å². The average Bonchev–Trinajstić information content (AvgIpc) is 3.11. The fourth-order valence-corrected chi connectivity index (χ4v) is 3.56. The van der Waals surface area contributed by atoms with Gasteiger partial charge in [0.05, 0.1) is 18.0 Å². The molecule has 0 N–H and O–H groups in total. The monoisotopic (exact) mass is 358 g/mol. The fourth-order valence-electron chi connectivity index (χ4n) is 3.56. The number of ether oxygens (including phenoxy) is 1. The zero-order valence-corrected chi connectivity index (χ0v) is 15.7. The number of rotatable bonds is 5. The Morgan fingerprint density at radius 2 is 2.15 bits per heavy atom. The van der Waals surface area contributed by atoms with Crippen molar-refractivity contribution in [2.45, 2.75) is 40.2 Å². The number of allylic oxidation sites excluding steroid dienone is 1. The Morgan fingerprint density at radius 1 is 1.38 bits per heavy atom. The highest BCUT2D eigenvalue weighted by Gasteiger charge is 2.31. The summed E-state index contributed by atoms with van der Waals surface area (Å²) in [5, 5.41) is 0. The number of piperidine rings is 1. The number of carbonyl (C=O) groups excluding carboxylic acids is 2. The number of nitrogens with zero attached hydrogens (tertiary/aromatic N) is 2. The van der Waals surface area contributed by atoms with Crippen LogP contribution in [0.25, 0.3) is 11.1 Å². The molecule has 1 amide bonds. The van der Waals surface area contributed by atoms with Crippen molar-refractivity contribution in [2.24, 2.45) is 5.92 Å². The predicted molar refractivity (Wildman–Crippen MR) is 99.0 cm³/mol. The lowest BCUT2D eigenvalue weighted by atomic mass is 9.98. The van der Waals surface area contributed by atoms with Gasteiger partial charge in [0.1, 0.15) is 11.5 Å². The van der Waals surface area contributed by atoms with E-state index in [-0.39, 0.29) is 17.8 Å². The van der Waals surface area contributed by atoms with Gasteiger partial charge in [-0.3, -0.25) is 9.59 Å². The number of aromatic nitrogens is 1. The van der Waals surface area contributed by atoms with Crippen LogP contribution >= 0.6 is 0 Å². The third kappa shape index (κ3) is 3.54. The van der Waals surface area contributed by atoms with Gasteiger partial charge in [-0.2, -0.15) is 0 Å². The predicted octanol–water partition coefficient (Wildman–Crippen LogP) is 3.53. The molecule has 1 atom stereocenters. The smallest absolute Gasteiger partial charge is 0.310 e. The zero-order valence-electron chi connectivity index (χ0n) is 15.7. The van der Waals surface area contributed by atoms with E-state index in [4.69, 9.17) is 9.15 Å². The van der Waals surface area contributed by atoms with E-state index in [2.05, 4.69) is 6.58 Å². The molecule has 0 aromatic carbocycles. The topological polar surface area (TPSA) is 64.7 Å². The van der Waals surface area contributed by atoms with Gasteiger partial charge in [-0.15, -0.1) is 0 Å². The van der Waals surface area contributed by atoms with E-state index in [1.54, 1.807) is 17.9 Å². The molecule has 1 saturated heterocycles. The van der Waals surface area contributed by atoms with Gasteiger partial charge in [0.25, 0.3) is 5.91 Å². The van der Waals surface area contributed by atoms with Crippen LogP contribution in [-0.2, 0) is 16.1 Å². The largest absolute Gasteiger partial charge is 0.466 e. The molecule has 2 aromatic rings. The van der Waals surface area contributed by atoms with E-state index >= 15 is 0 Å². The van der Waals surface area contributed by atoms with Crippen molar-refractivity contribution in [3.63, 3.8) is 0 Å². The lowest BCUT2D eigenvalue weighted by Gasteiger charge is -2.31. The van der Waals surface area contributed by atoms with Crippen LogP contribution in [0.2, 0.25) is 0 Å². The van der Waals surface area contributed by atoms with Crippen molar-refractivity contribution in [2.75, 3.05) is 19.7 Å². The molecule has 1 fully saturated rings. The molecule has 1 unspecified atom stereocenters. The maximum absolute atomic E-state index is 13.2. The summed E-state index contributed by atoms with van der Waals surface area (Å²) in [6, 6.07) is 3.73. The highest BCUT2D eigenvalue weighted by atomic mass is 16.5. The van der Waals surface area contributed by atoms with Crippen molar-refractivity contribution in [3.05, 3.63) is 35.7 Å². The Kier molecular flexibility index (Phi) is 5.20. The number of likely N-dealkylation sites (tertiary alicyclic amines) is 1. The maximum Gasteiger partial charge on any atom is 0.310 e. The quantitative estimate of drug-likeness (QED) is 0.606. The summed E-state index contributed by atoms with van der Waals surface area (Å²) in [6.45, 7) is 11.6. The molecule has 1 aliphatic rings. The van der Waals surface area contributed by atoms with Crippen LogP contribution in [0.4, 0.5) is 0 Å².